The van der Waals surface area contributed by atoms with E-state index in [1.807, 2.05) is 35.2 Å². The molecule has 2 amide bonds. The second kappa shape index (κ2) is 7.18. The van der Waals surface area contributed by atoms with Crippen LogP contribution in [0.15, 0.2) is 48.5 Å². The zero-order chi connectivity index (χ0) is 16.1. The molecule has 2 aromatic carbocycles. The number of nitrogen functional groups attached to an aromatic ring is 1. The van der Waals surface area contributed by atoms with Gasteiger partial charge in [-0.1, -0.05) is 36.4 Å². The van der Waals surface area contributed by atoms with Gasteiger partial charge in [0.1, 0.15) is 0 Å². The van der Waals surface area contributed by atoms with Gasteiger partial charge in [0.05, 0.1) is 0 Å². The number of rotatable bonds is 4. The molecule has 0 spiro atoms. The van der Waals surface area contributed by atoms with E-state index in [9.17, 15) is 4.79 Å². The number of nitrogens with two attached hydrogens (primary N) is 1. The number of hydrogen-bond acceptors (Lipinski definition) is 2. The molecular formula is C19H23N3O. The molecule has 120 valence electrons. The molecule has 0 aromatic heterocycles. The van der Waals surface area contributed by atoms with E-state index in [2.05, 4.69) is 23.5 Å². The molecule has 3 rings (SSSR count). The van der Waals surface area contributed by atoms with E-state index < -0.39 is 0 Å². The second-order valence-electron chi connectivity index (χ2n) is 6.02. The maximum absolute atomic E-state index is 12.3. The van der Waals surface area contributed by atoms with Crippen LogP contribution in [0.5, 0.6) is 0 Å². The first kappa shape index (κ1) is 15.4. The molecule has 0 radical (unpaired) electrons. The molecule has 0 aliphatic carbocycles. The van der Waals surface area contributed by atoms with E-state index in [0.29, 0.717) is 13.1 Å². The topological polar surface area (TPSA) is 58.4 Å². The van der Waals surface area contributed by atoms with Gasteiger partial charge in [0.2, 0.25) is 0 Å². The van der Waals surface area contributed by atoms with Gasteiger partial charge in [-0.05, 0) is 48.1 Å². The minimum absolute atomic E-state index is 0.0196. The van der Waals surface area contributed by atoms with Crippen molar-refractivity contribution in [1.82, 2.24) is 10.2 Å². The van der Waals surface area contributed by atoms with Crippen LogP contribution in [0.2, 0.25) is 0 Å². The third-order valence-corrected chi connectivity index (χ3v) is 4.29. The van der Waals surface area contributed by atoms with Gasteiger partial charge < -0.3 is 16.0 Å². The van der Waals surface area contributed by atoms with Crippen molar-refractivity contribution >= 4 is 11.7 Å². The highest BCUT2D eigenvalue weighted by Gasteiger charge is 2.20. The molecule has 0 bridgehead atoms. The van der Waals surface area contributed by atoms with Gasteiger partial charge in [0.15, 0.2) is 0 Å². The first-order chi connectivity index (χ1) is 11.2. The summed E-state index contributed by atoms with van der Waals surface area (Å²) >= 11 is 0. The van der Waals surface area contributed by atoms with Crippen molar-refractivity contribution in [3.63, 3.8) is 0 Å². The lowest BCUT2D eigenvalue weighted by atomic mass is 9.99. The monoisotopic (exact) mass is 309 g/mol. The van der Waals surface area contributed by atoms with Crippen LogP contribution in [0.4, 0.5) is 10.5 Å². The second-order valence-corrected chi connectivity index (χ2v) is 6.02. The summed E-state index contributed by atoms with van der Waals surface area (Å²) in [5.74, 6) is 0. The fourth-order valence-corrected chi connectivity index (χ4v) is 2.99. The Kier molecular flexibility index (Phi) is 4.81. The van der Waals surface area contributed by atoms with Gasteiger partial charge in [-0.3, -0.25) is 0 Å². The Morgan fingerprint density at radius 3 is 2.78 bits per heavy atom. The van der Waals surface area contributed by atoms with Gasteiger partial charge in [-0.15, -0.1) is 0 Å². The van der Waals surface area contributed by atoms with Crippen LogP contribution in [-0.4, -0.2) is 24.0 Å². The van der Waals surface area contributed by atoms with Crippen molar-refractivity contribution in [3.8, 4) is 0 Å². The number of fused-ring (bicyclic) bond motifs is 1. The van der Waals surface area contributed by atoms with Crippen LogP contribution < -0.4 is 11.1 Å². The Labute approximate surface area is 137 Å². The number of benzene rings is 2. The van der Waals surface area contributed by atoms with Crippen molar-refractivity contribution in [2.75, 3.05) is 18.8 Å². The number of carbonyl (C=O) groups is 1. The summed E-state index contributed by atoms with van der Waals surface area (Å²) in [4.78, 5) is 14.2. The predicted octanol–water partition coefficient (Wildman–Crippen LogP) is 2.97. The van der Waals surface area contributed by atoms with Crippen molar-refractivity contribution in [1.29, 1.82) is 0 Å². The fourth-order valence-electron chi connectivity index (χ4n) is 2.99. The molecule has 4 heteroatoms. The van der Waals surface area contributed by atoms with Crippen molar-refractivity contribution in [3.05, 3.63) is 65.2 Å². The number of hydrogen-bond donors (Lipinski definition) is 2. The molecule has 0 saturated carbocycles. The first-order valence-electron chi connectivity index (χ1n) is 8.16. The SMILES string of the molecule is Nc1ccc2c(c1)CN(C(=O)NCCCc1ccccc1)CC2. The molecule has 1 heterocycles. The Balaban J connectivity index is 1.46. The highest BCUT2D eigenvalue weighted by molar-refractivity contribution is 5.74. The number of amides is 2. The lowest BCUT2D eigenvalue weighted by molar-refractivity contribution is 0.192. The van der Waals surface area contributed by atoms with E-state index in [-0.39, 0.29) is 6.03 Å². The zero-order valence-electron chi connectivity index (χ0n) is 13.3. The smallest absolute Gasteiger partial charge is 0.317 e. The summed E-state index contributed by atoms with van der Waals surface area (Å²) in [6.45, 7) is 2.11. The minimum atomic E-state index is 0.0196. The highest BCUT2D eigenvalue weighted by Crippen LogP contribution is 2.21. The fraction of sp³-hybridized carbons (Fsp3) is 0.316. The number of carbonyl (C=O) groups excluding carboxylic acids is 1. The van der Waals surface area contributed by atoms with E-state index in [4.69, 9.17) is 5.73 Å². The van der Waals surface area contributed by atoms with Crippen LogP contribution in [0, 0.1) is 0 Å². The van der Waals surface area contributed by atoms with E-state index in [0.717, 1.165) is 37.1 Å². The van der Waals surface area contributed by atoms with Crippen molar-refractivity contribution < 1.29 is 4.79 Å². The number of urea groups is 1. The van der Waals surface area contributed by atoms with Crippen LogP contribution in [0.25, 0.3) is 0 Å². The van der Waals surface area contributed by atoms with E-state index in [1.165, 1.54) is 11.1 Å². The summed E-state index contributed by atoms with van der Waals surface area (Å²) in [6, 6.07) is 16.3. The molecule has 0 unspecified atom stereocenters. The molecule has 0 saturated heterocycles. The van der Waals surface area contributed by atoms with E-state index in [1.54, 1.807) is 0 Å². The Bertz CT molecular complexity index is 670. The summed E-state index contributed by atoms with van der Waals surface area (Å²) in [5.41, 5.74) is 10.4. The molecule has 0 atom stereocenters. The molecule has 1 aliphatic heterocycles. The van der Waals surface area contributed by atoms with Gasteiger partial charge in [0.25, 0.3) is 0 Å². The number of nitrogens with zero attached hydrogens (tertiary/aromatic N) is 1. The lowest BCUT2D eigenvalue weighted by Crippen LogP contribution is -2.43. The summed E-state index contributed by atoms with van der Waals surface area (Å²) in [7, 11) is 0. The predicted molar refractivity (Wildman–Crippen MR) is 93.1 cm³/mol. The van der Waals surface area contributed by atoms with Crippen LogP contribution in [0.1, 0.15) is 23.1 Å². The van der Waals surface area contributed by atoms with Crippen LogP contribution in [0.3, 0.4) is 0 Å². The molecule has 1 aliphatic rings. The molecule has 0 fully saturated rings. The average molecular weight is 309 g/mol. The maximum atomic E-state index is 12.3. The largest absolute Gasteiger partial charge is 0.399 e. The van der Waals surface area contributed by atoms with Crippen LogP contribution >= 0.6 is 0 Å². The molecule has 4 nitrogen and oxygen atoms in total. The third-order valence-electron chi connectivity index (χ3n) is 4.29. The van der Waals surface area contributed by atoms with Gasteiger partial charge in [-0.2, -0.15) is 0 Å². The van der Waals surface area contributed by atoms with Crippen LogP contribution in [-0.2, 0) is 19.4 Å². The molecular weight excluding hydrogens is 286 g/mol. The minimum Gasteiger partial charge on any atom is -0.399 e. The molecule has 3 N–H and O–H groups in total. The lowest BCUT2D eigenvalue weighted by Gasteiger charge is -2.29. The summed E-state index contributed by atoms with van der Waals surface area (Å²) < 4.78 is 0. The summed E-state index contributed by atoms with van der Waals surface area (Å²) in [6.07, 6.45) is 2.83. The molecule has 23 heavy (non-hydrogen) atoms. The first-order valence-corrected chi connectivity index (χ1v) is 8.16. The number of nitrogens with one attached hydrogen (secondary N) is 1. The number of anilines is 1. The Morgan fingerprint density at radius 2 is 1.96 bits per heavy atom. The number of aryl methyl sites for hydroxylation is 1. The molecule has 2 aromatic rings. The van der Waals surface area contributed by atoms with Gasteiger partial charge in [0, 0.05) is 25.3 Å². The quantitative estimate of drug-likeness (QED) is 0.674. The Morgan fingerprint density at radius 1 is 1.13 bits per heavy atom. The normalized spacial score (nSPS) is 13.5. The maximum Gasteiger partial charge on any atom is 0.317 e. The van der Waals surface area contributed by atoms with Crippen molar-refractivity contribution in [2.24, 2.45) is 0 Å². The Hall–Kier alpha value is -2.49. The third kappa shape index (κ3) is 4.03. The average Bonchev–Trinajstić information content (AvgIpc) is 2.58. The zero-order valence-corrected chi connectivity index (χ0v) is 13.3. The standard InChI is InChI=1S/C19H23N3O/c20-18-9-8-16-10-12-22(14-17(16)13-18)19(23)21-11-4-7-15-5-2-1-3-6-15/h1-3,5-6,8-9,13H,4,7,10-12,14,20H2,(H,21,23). The summed E-state index contributed by atoms with van der Waals surface area (Å²) in [5, 5.41) is 3.02. The van der Waals surface area contributed by atoms with Gasteiger partial charge in [-0.25, -0.2) is 4.79 Å². The van der Waals surface area contributed by atoms with Crippen molar-refractivity contribution in [2.45, 2.75) is 25.8 Å². The van der Waals surface area contributed by atoms with Gasteiger partial charge >= 0.3 is 6.03 Å². The highest BCUT2D eigenvalue weighted by atomic mass is 16.2. The van der Waals surface area contributed by atoms with E-state index >= 15 is 0 Å².